The van der Waals surface area contributed by atoms with Gasteiger partial charge in [0.2, 0.25) is 0 Å². The van der Waals surface area contributed by atoms with Gasteiger partial charge in [0.05, 0.1) is 11.1 Å². The summed E-state index contributed by atoms with van der Waals surface area (Å²) in [6.07, 6.45) is 0. The molecule has 1 aromatic heterocycles. The Labute approximate surface area is 138 Å². The minimum Gasteiger partial charge on any atom is -0.267 e. The first-order chi connectivity index (χ1) is 11.6. The number of rotatable bonds is 3. The molecule has 0 fully saturated rings. The van der Waals surface area contributed by atoms with E-state index in [9.17, 15) is 9.59 Å². The quantitative estimate of drug-likeness (QED) is 0.593. The van der Waals surface area contributed by atoms with Gasteiger partial charge in [-0.1, -0.05) is 48.5 Å². The summed E-state index contributed by atoms with van der Waals surface area (Å²) in [6, 6.07) is 16.4. The summed E-state index contributed by atoms with van der Waals surface area (Å²) in [5.74, 6) is -0.461. The van der Waals surface area contributed by atoms with E-state index in [2.05, 4.69) is 15.6 Å². The average molecular weight is 320 g/mol. The van der Waals surface area contributed by atoms with Crippen molar-refractivity contribution in [2.45, 2.75) is 6.92 Å². The van der Waals surface area contributed by atoms with Crippen LogP contribution in [0.2, 0.25) is 0 Å². The summed E-state index contributed by atoms with van der Waals surface area (Å²) in [7, 11) is 1.52. The number of carbonyl (C=O) groups excluding carboxylic acids is 1. The molecule has 2 aromatic carbocycles. The van der Waals surface area contributed by atoms with Gasteiger partial charge in [0, 0.05) is 12.4 Å². The van der Waals surface area contributed by atoms with E-state index in [1.807, 2.05) is 37.3 Å². The summed E-state index contributed by atoms with van der Waals surface area (Å²) in [5, 5.41) is 9.15. The van der Waals surface area contributed by atoms with E-state index < -0.39 is 5.91 Å². The highest BCUT2D eigenvalue weighted by Crippen LogP contribution is 2.12. The van der Waals surface area contributed by atoms with Crippen LogP contribution in [-0.4, -0.2) is 21.4 Å². The fourth-order valence-corrected chi connectivity index (χ4v) is 2.40. The van der Waals surface area contributed by atoms with Crippen molar-refractivity contribution >= 4 is 22.4 Å². The largest absolute Gasteiger partial charge is 0.292 e. The predicted octanol–water partition coefficient (Wildman–Crippen LogP) is 2.09. The second-order valence-electron chi connectivity index (χ2n) is 5.33. The summed E-state index contributed by atoms with van der Waals surface area (Å²) >= 11 is 0. The zero-order valence-electron chi connectivity index (χ0n) is 13.4. The van der Waals surface area contributed by atoms with Crippen LogP contribution in [0.25, 0.3) is 10.8 Å². The Kier molecular flexibility index (Phi) is 4.20. The molecule has 1 heterocycles. The highest BCUT2D eigenvalue weighted by atomic mass is 16.2. The van der Waals surface area contributed by atoms with Crippen LogP contribution in [0.5, 0.6) is 0 Å². The van der Waals surface area contributed by atoms with Crippen LogP contribution in [-0.2, 0) is 7.05 Å². The van der Waals surface area contributed by atoms with Crippen molar-refractivity contribution in [3.8, 4) is 0 Å². The van der Waals surface area contributed by atoms with Crippen molar-refractivity contribution in [1.82, 2.24) is 15.2 Å². The lowest BCUT2D eigenvalue weighted by atomic mass is 10.1. The molecule has 3 aromatic rings. The number of hydrazone groups is 1. The zero-order valence-corrected chi connectivity index (χ0v) is 13.4. The Balaban J connectivity index is 1.95. The second-order valence-corrected chi connectivity index (χ2v) is 5.33. The molecule has 24 heavy (non-hydrogen) atoms. The summed E-state index contributed by atoms with van der Waals surface area (Å²) in [6.45, 7) is 1.81. The Morgan fingerprint density at radius 1 is 1.04 bits per heavy atom. The SMILES string of the molecule is C/C(=N/NC(=O)c1nn(C)c(=O)c2ccccc12)c1ccccc1. The average Bonchev–Trinajstić information content (AvgIpc) is 2.63. The van der Waals surface area contributed by atoms with Gasteiger partial charge in [0.1, 0.15) is 0 Å². The molecule has 120 valence electrons. The van der Waals surface area contributed by atoms with E-state index in [1.165, 1.54) is 7.05 Å². The maximum absolute atomic E-state index is 12.5. The Hall–Kier alpha value is -3.28. The summed E-state index contributed by atoms with van der Waals surface area (Å²) in [4.78, 5) is 24.6. The van der Waals surface area contributed by atoms with Gasteiger partial charge in [-0.25, -0.2) is 10.1 Å². The van der Waals surface area contributed by atoms with E-state index in [1.54, 1.807) is 24.3 Å². The second kappa shape index (κ2) is 6.45. The third-order valence-electron chi connectivity index (χ3n) is 3.69. The Morgan fingerprint density at radius 2 is 1.67 bits per heavy atom. The highest BCUT2D eigenvalue weighted by molar-refractivity contribution is 6.06. The van der Waals surface area contributed by atoms with Crippen molar-refractivity contribution in [2.24, 2.45) is 12.1 Å². The van der Waals surface area contributed by atoms with Crippen molar-refractivity contribution in [1.29, 1.82) is 0 Å². The Bertz CT molecular complexity index is 991. The van der Waals surface area contributed by atoms with Crippen LogP contribution in [0.4, 0.5) is 0 Å². The van der Waals surface area contributed by atoms with Crippen LogP contribution in [0, 0.1) is 0 Å². The normalized spacial score (nSPS) is 11.5. The number of nitrogens with zero attached hydrogens (tertiary/aromatic N) is 3. The van der Waals surface area contributed by atoms with Gasteiger partial charge in [0.15, 0.2) is 5.69 Å². The third-order valence-corrected chi connectivity index (χ3v) is 3.69. The van der Waals surface area contributed by atoms with Gasteiger partial charge < -0.3 is 0 Å². The molecule has 0 saturated heterocycles. The molecular weight excluding hydrogens is 304 g/mol. The predicted molar refractivity (Wildman–Crippen MR) is 93.1 cm³/mol. The minimum absolute atomic E-state index is 0.164. The van der Waals surface area contributed by atoms with Crippen LogP contribution in [0.15, 0.2) is 64.5 Å². The van der Waals surface area contributed by atoms with Crippen LogP contribution in [0.1, 0.15) is 23.0 Å². The monoisotopic (exact) mass is 320 g/mol. The number of aryl methyl sites for hydroxylation is 1. The molecule has 0 radical (unpaired) electrons. The zero-order chi connectivity index (χ0) is 17.1. The molecule has 0 aliphatic rings. The number of hydrogen-bond acceptors (Lipinski definition) is 4. The molecule has 0 saturated carbocycles. The van der Waals surface area contributed by atoms with Gasteiger partial charge in [-0.2, -0.15) is 10.2 Å². The number of hydrogen-bond donors (Lipinski definition) is 1. The first kappa shape index (κ1) is 15.6. The van der Waals surface area contributed by atoms with Gasteiger partial charge in [-0.05, 0) is 18.6 Å². The molecule has 0 aliphatic heterocycles. The Morgan fingerprint density at radius 3 is 2.38 bits per heavy atom. The number of aromatic nitrogens is 2. The van der Waals surface area contributed by atoms with Gasteiger partial charge >= 0.3 is 0 Å². The maximum atomic E-state index is 12.5. The first-order valence-corrected chi connectivity index (χ1v) is 7.44. The lowest BCUT2D eigenvalue weighted by molar-refractivity contribution is 0.0949. The molecule has 6 heteroatoms. The lowest BCUT2D eigenvalue weighted by Gasteiger charge is -2.07. The number of benzene rings is 2. The maximum Gasteiger partial charge on any atom is 0.292 e. The number of nitrogens with one attached hydrogen (secondary N) is 1. The topological polar surface area (TPSA) is 76.3 Å². The molecule has 0 spiro atoms. The van der Waals surface area contributed by atoms with Gasteiger partial charge in [-0.3, -0.25) is 9.59 Å². The molecule has 0 aliphatic carbocycles. The van der Waals surface area contributed by atoms with E-state index in [0.717, 1.165) is 10.2 Å². The standard InChI is InChI=1S/C18H16N4O2/c1-12(13-8-4-3-5-9-13)19-20-17(23)16-14-10-6-7-11-15(14)18(24)22(2)21-16/h3-11H,1-2H3,(H,20,23)/b19-12-. The molecule has 3 rings (SSSR count). The van der Waals surface area contributed by atoms with E-state index >= 15 is 0 Å². The van der Waals surface area contributed by atoms with Crippen molar-refractivity contribution < 1.29 is 4.79 Å². The highest BCUT2D eigenvalue weighted by Gasteiger charge is 2.15. The van der Waals surface area contributed by atoms with Crippen molar-refractivity contribution in [2.75, 3.05) is 0 Å². The molecule has 0 atom stereocenters. The number of fused-ring (bicyclic) bond motifs is 1. The van der Waals surface area contributed by atoms with Crippen molar-refractivity contribution in [3.63, 3.8) is 0 Å². The molecule has 1 N–H and O–H groups in total. The molecule has 1 amide bonds. The third kappa shape index (κ3) is 2.94. The number of carbonyl (C=O) groups is 1. The summed E-state index contributed by atoms with van der Waals surface area (Å²) in [5.41, 5.74) is 4.02. The molecule has 0 bridgehead atoms. The number of amides is 1. The lowest BCUT2D eigenvalue weighted by Crippen LogP contribution is -2.27. The van der Waals surface area contributed by atoms with E-state index in [-0.39, 0.29) is 11.3 Å². The van der Waals surface area contributed by atoms with Gasteiger partial charge in [-0.15, -0.1) is 0 Å². The smallest absolute Gasteiger partial charge is 0.267 e. The van der Waals surface area contributed by atoms with E-state index in [0.29, 0.717) is 16.5 Å². The molecule has 6 nitrogen and oxygen atoms in total. The fraction of sp³-hybridized carbons (Fsp3) is 0.111. The van der Waals surface area contributed by atoms with Crippen LogP contribution in [0.3, 0.4) is 0 Å². The van der Waals surface area contributed by atoms with Crippen LogP contribution >= 0.6 is 0 Å². The molecular formula is C18H16N4O2. The van der Waals surface area contributed by atoms with E-state index in [4.69, 9.17) is 0 Å². The van der Waals surface area contributed by atoms with Crippen molar-refractivity contribution in [3.05, 3.63) is 76.2 Å². The molecule has 0 unspecified atom stereocenters. The summed E-state index contributed by atoms with van der Waals surface area (Å²) < 4.78 is 1.16. The van der Waals surface area contributed by atoms with Crippen LogP contribution < -0.4 is 11.0 Å². The minimum atomic E-state index is -0.461. The fourth-order valence-electron chi connectivity index (χ4n) is 2.40. The first-order valence-electron chi connectivity index (χ1n) is 7.44. The van der Waals surface area contributed by atoms with Gasteiger partial charge in [0.25, 0.3) is 11.5 Å².